The Morgan fingerprint density at radius 3 is 1.98 bits per heavy atom. The Morgan fingerprint density at radius 1 is 0.950 bits per heavy atom. The topological polar surface area (TPSA) is 197 Å². The monoisotopic (exact) mass is 559 g/mol. The fraction of sp³-hybridized carbons (Fsp3) is 0.500. The van der Waals surface area contributed by atoms with E-state index in [9.17, 15) is 45.3 Å². The highest BCUT2D eigenvalue weighted by molar-refractivity contribution is 6.32. The highest BCUT2D eigenvalue weighted by atomic mass is 16.7. The Hall–Kier alpha value is -3.26. The number of phenolic OH excluding ortho intramolecular Hbond substituents is 4. The summed E-state index contributed by atoms with van der Waals surface area (Å²) in [7, 11) is 3.56. The van der Waals surface area contributed by atoms with Crippen molar-refractivity contribution in [2.24, 2.45) is 0 Å². The van der Waals surface area contributed by atoms with Crippen molar-refractivity contribution in [1.82, 2.24) is 4.90 Å². The lowest BCUT2D eigenvalue weighted by molar-refractivity contribution is -0.279. The van der Waals surface area contributed by atoms with Crippen molar-refractivity contribution in [3.8, 4) is 23.0 Å². The molecule has 0 amide bonds. The number of fused-ring (bicyclic) bond motifs is 3. The van der Waals surface area contributed by atoms with Gasteiger partial charge in [-0.25, -0.2) is 0 Å². The molecule has 5 rings (SSSR count). The Balaban J connectivity index is 1.70. The number of ketones is 2. The van der Waals surface area contributed by atoms with Crippen molar-refractivity contribution >= 4 is 11.6 Å². The maximum absolute atomic E-state index is 13.6. The number of hydrogen-bond acceptors (Lipinski definition) is 12. The Bertz CT molecular complexity index is 1410. The average Bonchev–Trinajstić information content (AvgIpc) is 2.89. The number of rotatable bonds is 4. The van der Waals surface area contributed by atoms with Crippen LogP contribution in [0.2, 0.25) is 0 Å². The lowest BCUT2D eigenvalue weighted by Crippen LogP contribution is -2.54. The molecule has 3 aliphatic rings. The number of aromatic hydroxyl groups is 4. The molecule has 4 unspecified atom stereocenters. The quantitative estimate of drug-likeness (QED) is 0.227. The van der Waals surface area contributed by atoms with Crippen LogP contribution in [-0.4, -0.2) is 96.4 Å². The number of hydrogen-bond donors (Lipinski definition) is 7. The number of aliphatic hydroxyl groups is 3. The summed E-state index contributed by atoms with van der Waals surface area (Å²) in [6.45, 7) is 3.29. The Morgan fingerprint density at radius 2 is 1.48 bits per heavy atom. The summed E-state index contributed by atoms with van der Waals surface area (Å²) in [5.41, 5.74) is -4.82. The molecule has 0 bridgehead atoms. The number of aliphatic hydroxyl groups excluding tert-OH is 2. The SMILES string of the molecule is CC[C@@]1(O)C[C@H](O)c2c(O)c3c(c(O)c2[C@H]1OC1CC(N(C)C)C(O)C(C)O1)C(=O)c1c(O)ccc(O)c1C3=O. The average molecular weight is 560 g/mol. The number of ether oxygens (including phenoxy) is 2. The number of phenols is 4. The third kappa shape index (κ3) is 3.98. The van der Waals surface area contributed by atoms with E-state index in [1.807, 2.05) is 0 Å². The standard InChI is InChI=1S/C28H33NO11/c1-5-28(38)9-14(32)18-21(27(28)40-15-8-11(29(3)4)22(33)10(2)39-15)26(37)20-19(25(18)36)23(34)16-12(30)6-7-13(31)17(16)24(20)35/h6-7,10-11,14-15,22,27,30-33,36-38H,5,8-9H2,1-4H3/t10?,11?,14-,15?,22?,27+,28+/m0/s1. The molecule has 12 nitrogen and oxygen atoms in total. The van der Waals surface area contributed by atoms with Crippen molar-refractivity contribution in [2.75, 3.05) is 14.1 Å². The van der Waals surface area contributed by atoms with Gasteiger partial charge in [-0.2, -0.15) is 0 Å². The zero-order valence-corrected chi connectivity index (χ0v) is 22.5. The van der Waals surface area contributed by atoms with Gasteiger partial charge in [-0.1, -0.05) is 6.92 Å². The minimum Gasteiger partial charge on any atom is -0.507 e. The second kappa shape index (κ2) is 9.68. The van der Waals surface area contributed by atoms with Gasteiger partial charge in [0.1, 0.15) is 29.1 Å². The second-order valence-corrected chi connectivity index (χ2v) is 11.0. The van der Waals surface area contributed by atoms with Gasteiger partial charge in [0, 0.05) is 30.0 Å². The number of benzene rings is 2. The van der Waals surface area contributed by atoms with Gasteiger partial charge in [0.15, 0.2) is 6.29 Å². The van der Waals surface area contributed by atoms with Crippen LogP contribution in [0.25, 0.3) is 0 Å². The molecule has 1 fully saturated rings. The number of carbonyl (C=O) groups is 2. The first-order valence-electron chi connectivity index (χ1n) is 13.0. The second-order valence-electron chi connectivity index (χ2n) is 11.0. The van der Waals surface area contributed by atoms with E-state index in [1.165, 1.54) is 0 Å². The third-order valence-electron chi connectivity index (χ3n) is 8.46. The Labute approximate surface area is 229 Å². The van der Waals surface area contributed by atoms with Gasteiger partial charge < -0.3 is 50.1 Å². The minimum atomic E-state index is -1.80. The molecule has 1 heterocycles. The van der Waals surface area contributed by atoms with Crippen LogP contribution in [0.5, 0.6) is 23.0 Å². The molecule has 2 aliphatic carbocycles. The summed E-state index contributed by atoms with van der Waals surface area (Å²) in [6.07, 6.45) is -5.66. The summed E-state index contributed by atoms with van der Waals surface area (Å²) in [6, 6.07) is 1.65. The van der Waals surface area contributed by atoms with Crippen LogP contribution in [0.1, 0.15) is 88.3 Å². The largest absolute Gasteiger partial charge is 0.507 e. The van der Waals surface area contributed by atoms with E-state index in [-0.39, 0.29) is 36.4 Å². The molecule has 0 spiro atoms. The molecule has 2 aromatic carbocycles. The molecule has 216 valence electrons. The van der Waals surface area contributed by atoms with Gasteiger partial charge in [-0.3, -0.25) is 9.59 Å². The molecule has 1 aliphatic heterocycles. The molecule has 40 heavy (non-hydrogen) atoms. The van der Waals surface area contributed by atoms with Crippen molar-refractivity contribution < 1.29 is 54.8 Å². The predicted molar refractivity (Wildman–Crippen MR) is 137 cm³/mol. The van der Waals surface area contributed by atoms with E-state index < -0.39 is 93.1 Å². The van der Waals surface area contributed by atoms with Crippen molar-refractivity contribution in [1.29, 1.82) is 0 Å². The minimum absolute atomic E-state index is 0.0256. The molecule has 12 heteroatoms. The van der Waals surface area contributed by atoms with Crippen molar-refractivity contribution in [3.63, 3.8) is 0 Å². The summed E-state index contributed by atoms with van der Waals surface area (Å²) in [5.74, 6) is -4.96. The summed E-state index contributed by atoms with van der Waals surface area (Å²) in [5, 5.41) is 76.8. The van der Waals surface area contributed by atoms with Gasteiger partial charge in [0.2, 0.25) is 11.6 Å². The van der Waals surface area contributed by atoms with E-state index in [2.05, 4.69) is 0 Å². The van der Waals surface area contributed by atoms with Gasteiger partial charge in [-0.05, 0) is 39.6 Å². The van der Waals surface area contributed by atoms with Crippen LogP contribution in [0, 0.1) is 0 Å². The molecule has 1 saturated heterocycles. The molecule has 0 aromatic heterocycles. The first-order chi connectivity index (χ1) is 18.7. The predicted octanol–water partition coefficient (Wildman–Crippen LogP) is 1.35. The van der Waals surface area contributed by atoms with E-state index >= 15 is 0 Å². The number of carbonyl (C=O) groups excluding carboxylic acids is 2. The van der Waals surface area contributed by atoms with Crippen LogP contribution < -0.4 is 0 Å². The summed E-state index contributed by atoms with van der Waals surface area (Å²) < 4.78 is 12.1. The first-order valence-corrected chi connectivity index (χ1v) is 13.0. The van der Waals surface area contributed by atoms with E-state index in [0.29, 0.717) is 0 Å². The Kier molecular flexibility index (Phi) is 6.85. The normalized spacial score (nSPS) is 31.6. The van der Waals surface area contributed by atoms with Crippen LogP contribution in [0.4, 0.5) is 0 Å². The van der Waals surface area contributed by atoms with E-state index in [0.717, 1.165) is 12.1 Å². The van der Waals surface area contributed by atoms with Gasteiger partial charge in [-0.15, -0.1) is 0 Å². The van der Waals surface area contributed by atoms with Gasteiger partial charge in [0.25, 0.3) is 0 Å². The highest BCUT2D eigenvalue weighted by Crippen LogP contribution is 2.57. The number of likely N-dealkylation sites (N-methyl/N-ethyl adjacent to an activating group) is 1. The fourth-order valence-electron chi connectivity index (χ4n) is 6.21. The van der Waals surface area contributed by atoms with Gasteiger partial charge in [0.05, 0.1) is 46.2 Å². The van der Waals surface area contributed by atoms with Crippen LogP contribution in [0.3, 0.4) is 0 Å². The summed E-state index contributed by atoms with van der Waals surface area (Å²) in [4.78, 5) is 28.8. The molecule has 7 atom stereocenters. The zero-order valence-electron chi connectivity index (χ0n) is 22.5. The molecular formula is C28H33NO11. The zero-order chi connectivity index (χ0) is 29.4. The lowest BCUT2D eigenvalue weighted by Gasteiger charge is -2.47. The van der Waals surface area contributed by atoms with Crippen molar-refractivity contribution in [2.45, 2.75) is 75.5 Å². The van der Waals surface area contributed by atoms with Gasteiger partial charge >= 0.3 is 0 Å². The summed E-state index contributed by atoms with van der Waals surface area (Å²) >= 11 is 0. The van der Waals surface area contributed by atoms with E-state index in [4.69, 9.17) is 9.47 Å². The first kappa shape index (κ1) is 28.3. The lowest BCUT2D eigenvalue weighted by atomic mass is 9.70. The maximum atomic E-state index is 13.6. The van der Waals surface area contributed by atoms with Crippen LogP contribution in [-0.2, 0) is 9.47 Å². The third-order valence-corrected chi connectivity index (χ3v) is 8.46. The van der Waals surface area contributed by atoms with Crippen molar-refractivity contribution in [3.05, 3.63) is 45.5 Å². The fourth-order valence-corrected chi connectivity index (χ4v) is 6.21. The molecule has 7 N–H and O–H groups in total. The molecular weight excluding hydrogens is 526 g/mol. The highest BCUT2D eigenvalue weighted by Gasteiger charge is 2.52. The molecule has 0 saturated carbocycles. The number of nitrogens with zero attached hydrogens (tertiary/aromatic N) is 1. The smallest absolute Gasteiger partial charge is 0.202 e. The molecule has 0 radical (unpaired) electrons. The van der Waals surface area contributed by atoms with E-state index in [1.54, 1.807) is 32.8 Å². The maximum Gasteiger partial charge on any atom is 0.202 e. The van der Waals surface area contributed by atoms with Crippen LogP contribution >= 0.6 is 0 Å². The molecule has 2 aromatic rings. The van der Waals surface area contributed by atoms with Crippen LogP contribution in [0.15, 0.2) is 12.1 Å².